The van der Waals surface area contributed by atoms with Gasteiger partial charge < -0.3 is 5.73 Å². The van der Waals surface area contributed by atoms with Gasteiger partial charge in [-0.05, 0) is 37.7 Å². The second kappa shape index (κ2) is 9.94. The average molecular weight is 292 g/mol. The molecule has 0 atom stereocenters. The van der Waals surface area contributed by atoms with Crippen LogP contribution in [0.25, 0.3) is 0 Å². The van der Waals surface area contributed by atoms with Crippen molar-refractivity contribution >= 4 is 13.9 Å². The van der Waals surface area contributed by atoms with Crippen molar-refractivity contribution in [2.75, 3.05) is 12.3 Å². The van der Waals surface area contributed by atoms with Gasteiger partial charge in [0, 0.05) is 14.5 Å². The number of aryl methyl sites for hydroxylation is 1. The minimum absolute atomic E-state index is 0.251. The highest BCUT2D eigenvalue weighted by Gasteiger charge is 2.07. The molecule has 2 N–H and O–H groups in total. The van der Waals surface area contributed by atoms with Crippen molar-refractivity contribution in [1.82, 2.24) is 0 Å². The maximum absolute atomic E-state index is 6.15. The highest BCUT2D eigenvalue weighted by molar-refractivity contribution is 7.56. The molecule has 0 aliphatic rings. The Hall–Kier alpha value is -0.880. The lowest BCUT2D eigenvalue weighted by Gasteiger charge is -2.13. The summed E-state index contributed by atoms with van der Waals surface area (Å²) in [7, 11) is -0.251. The second-order valence-corrected chi connectivity index (χ2v) is 7.52. The van der Waals surface area contributed by atoms with Crippen LogP contribution in [0.2, 0.25) is 0 Å². The fourth-order valence-corrected chi connectivity index (χ4v) is 4.25. The summed E-state index contributed by atoms with van der Waals surface area (Å²) in [6.45, 7) is 6.59. The highest BCUT2D eigenvalue weighted by Crippen LogP contribution is 2.39. The summed E-state index contributed by atoms with van der Waals surface area (Å²) in [5.74, 6) is 0.812. The molecule has 0 spiro atoms. The molecule has 1 aromatic carbocycles. The van der Waals surface area contributed by atoms with Gasteiger partial charge in [0.05, 0.1) is 0 Å². The zero-order valence-corrected chi connectivity index (χ0v) is 14.1. The fourth-order valence-electron chi connectivity index (χ4n) is 2.03. The predicted molar refractivity (Wildman–Crippen MR) is 93.0 cm³/mol. The maximum Gasteiger partial charge on any atom is 0.102 e. The van der Waals surface area contributed by atoms with E-state index >= 15 is 0 Å². The Morgan fingerprint density at radius 1 is 1.05 bits per heavy atom. The third-order valence-electron chi connectivity index (χ3n) is 3.32. The van der Waals surface area contributed by atoms with Gasteiger partial charge in [-0.3, -0.25) is 0 Å². The Labute approximate surface area is 125 Å². The molecule has 112 valence electrons. The summed E-state index contributed by atoms with van der Waals surface area (Å²) in [5.41, 5.74) is 8.71. The Morgan fingerprint density at radius 2 is 1.60 bits per heavy atom. The van der Waals surface area contributed by atoms with Gasteiger partial charge in [-0.25, -0.2) is 4.76 Å². The Morgan fingerprint density at radius 3 is 2.10 bits per heavy atom. The summed E-state index contributed by atoms with van der Waals surface area (Å²) in [4.78, 5) is 0. The van der Waals surface area contributed by atoms with E-state index in [-0.39, 0.29) is 8.07 Å². The smallest absolute Gasteiger partial charge is 0.102 e. The number of benzene rings is 1. The summed E-state index contributed by atoms with van der Waals surface area (Å²) in [5, 5.41) is 0. The van der Waals surface area contributed by atoms with Crippen molar-refractivity contribution in [3.8, 4) is 0 Å². The SMILES string of the molecule is CCCCP(CCCC)N=C(N)Cc1ccc(C)cc1. The molecule has 0 bridgehead atoms. The van der Waals surface area contributed by atoms with Crippen LogP contribution < -0.4 is 5.73 Å². The molecule has 2 nitrogen and oxygen atoms in total. The number of unbranched alkanes of at least 4 members (excludes halogenated alkanes) is 2. The number of hydrogen-bond acceptors (Lipinski definition) is 1. The van der Waals surface area contributed by atoms with Crippen LogP contribution in [0.3, 0.4) is 0 Å². The van der Waals surface area contributed by atoms with E-state index in [1.807, 2.05) is 0 Å². The van der Waals surface area contributed by atoms with Crippen LogP contribution in [0.4, 0.5) is 0 Å². The van der Waals surface area contributed by atoms with E-state index in [1.54, 1.807) is 0 Å². The normalized spacial score (nSPS) is 12.1. The van der Waals surface area contributed by atoms with Crippen LogP contribution in [-0.2, 0) is 6.42 Å². The summed E-state index contributed by atoms with van der Waals surface area (Å²) in [6, 6.07) is 8.58. The van der Waals surface area contributed by atoms with E-state index in [9.17, 15) is 0 Å². The first kappa shape index (κ1) is 17.2. The van der Waals surface area contributed by atoms with Crippen molar-refractivity contribution in [3.63, 3.8) is 0 Å². The molecule has 0 aliphatic heterocycles. The fraction of sp³-hybridized carbons (Fsp3) is 0.588. The first-order valence-electron chi connectivity index (χ1n) is 7.79. The predicted octanol–water partition coefficient (Wildman–Crippen LogP) is 4.89. The largest absolute Gasteiger partial charge is 0.387 e. The van der Waals surface area contributed by atoms with Gasteiger partial charge in [0.15, 0.2) is 0 Å². The lowest BCUT2D eigenvalue weighted by Crippen LogP contribution is -2.15. The molecule has 0 aromatic heterocycles. The maximum atomic E-state index is 6.15. The Balaban J connectivity index is 2.59. The number of amidine groups is 1. The van der Waals surface area contributed by atoms with E-state index in [0.29, 0.717) is 0 Å². The number of hydrogen-bond donors (Lipinski definition) is 1. The van der Waals surface area contributed by atoms with Crippen molar-refractivity contribution in [3.05, 3.63) is 35.4 Å². The Bertz CT molecular complexity index is 390. The zero-order chi connectivity index (χ0) is 14.8. The van der Waals surface area contributed by atoms with Gasteiger partial charge in [0.25, 0.3) is 0 Å². The van der Waals surface area contributed by atoms with Crippen LogP contribution in [0.5, 0.6) is 0 Å². The Kier molecular flexibility index (Phi) is 8.53. The molecular formula is C17H29N2P. The lowest BCUT2D eigenvalue weighted by molar-refractivity contribution is 0.867. The quantitative estimate of drug-likeness (QED) is 0.393. The summed E-state index contributed by atoms with van der Waals surface area (Å²) < 4.78 is 4.83. The minimum Gasteiger partial charge on any atom is -0.387 e. The number of nitrogens with two attached hydrogens (primary N) is 1. The van der Waals surface area contributed by atoms with Gasteiger partial charge in [-0.2, -0.15) is 0 Å². The van der Waals surface area contributed by atoms with E-state index in [0.717, 1.165) is 12.3 Å². The van der Waals surface area contributed by atoms with E-state index in [4.69, 9.17) is 10.5 Å². The van der Waals surface area contributed by atoms with Crippen LogP contribution >= 0.6 is 8.07 Å². The van der Waals surface area contributed by atoms with E-state index in [1.165, 1.54) is 49.1 Å². The van der Waals surface area contributed by atoms with Crippen LogP contribution in [0.15, 0.2) is 29.0 Å². The molecule has 0 fully saturated rings. The molecule has 0 radical (unpaired) electrons. The molecule has 1 rings (SSSR count). The molecule has 0 saturated heterocycles. The highest BCUT2D eigenvalue weighted by atomic mass is 31.1. The second-order valence-electron chi connectivity index (χ2n) is 5.41. The molecular weight excluding hydrogens is 263 g/mol. The van der Waals surface area contributed by atoms with Crippen LogP contribution in [0.1, 0.15) is 50.7 Å². The number of nitrogens with zero attached hydrogens (tertiary/aromatic N) is 1. The first-order valence-corrected chi connectivity index (χ1v) is 9.45. The van der Waals surface area contributed by atoms with Crippen molar-refractivity contribution in [2.45, 2.75) is 52.9 Å². The monoisotopic (exact) mass is 292 g/mol. The topological polar surface area (TPSA) is 38.4 Å². The van der Waals surface area contributed by atoms with Gasteiger partial charge >= 0.3 is 0 Å². The molecule has 1 aromatic rings. The lowest BCUT2D eigenvalue weighted by atomic mass is 10.1. The zero-order valence-electron chi connectivity index (χ0n) is 13.2. The third kappa shape index (κ3) is 7.05. The van der Waals surface area contributed by atoms with Crippen molar-refractivity contribution < 1.29 is 0 Å². The van der Waals surface area contributed by atoms with E-state index < -0.39 is 0 Å². The minimum atomic E-state index is -0.251. The summed E-state index contributed by atoms with van der Waals surface area (Å²) in [6.07, 6.45) is 8.31. The molecule has 0 amide bonds. The van der Waals surface area contributed by atoms with Crippen LogP contribution in [0, 0.1) is 6.92 Å². The molecule has 0 saturated carbocycles. The first-order chi connectivity index (χ1) is 9.65. The van der Waals surface area contributed by atoms with E-state index in [2.05, 4.69) is 45.0 Å². The van der Waals surface area contributed by atoms with Crippen LogP contribution in [-0.4, -0.2) is 18.2 Å². The molecule has 20 heavy (non-hydrogen) atoms. The molecule has 0 unspecified atom stereocenters. The number of rotatable bonds is 9. The molecule has 0 aliphatic carbocycles. The molecule has 0 heterocycles. The average Bonchev–Trinajstić information content (AvgIpc) is 2.44. The van der Waals surface area contributed by atoms with Crippen molar-refractivity contribution in [2.24, 2.45) is 10.5 Å². The van der Waals surface area contributed by atoms with Gasteiger partial charge in [0.1, 0.15) is 5.84 Å². The van der Waals surface area contributed by atoms with Crippen molar-refractivity contribution in [1.29, 1.82) is 0 Å². The van der Waals surface area contributed by atoms with Gasteiger partial charge in [0.2, 0.25) is 0 Å². The van der Waals surface area contributed by atoms with Gasteiger partial charge in [-0.15, -0.1) is 0 Å². The molecule has 3 heteroatoms. The third-order valence-corrected chi connectivity index (χ3v) is 5.52. The van der Waals surface area contributed by atoms with Gasteiger partial charge in [-0.1, -0.05) is 56.5 Å². The standard InChI is InChI=1S/C17H29N2P/c1-4-6-12-20(13-7-5-2)19-17(18)14-16-10-8-15(3)9-11-16/h8-11H,4-7,12-14H2,1-3H3,(H2,18,19). The summed E-state index contributed by atoms with van der Waals surface area (Å²) >= 11 is 0.